The maximum Gasteiger partial charge on any atom is 0.175 e. The first kappa shape index (κ1) is 28.9. The Morgan fingerprint density at radius 3 is 2.68 bits per heavy atom. The highest BCUT2D eigenvalue weighted by Gasteiger charge is 2.68. The van der Waals surface area contributed by atoms with Crippen LogP contribution in [0.4, 0.5) is 0 Å². The number of rotatable bonds is 5. The molecule has 2 aromatic heterocycles. The van der Waals surface area contributed by atoms with E-state index in [4.69, 9.17) is 5.10 Å². The first-order valence-corrected chi connectivity index (χ1v) is 17.8. The van der Waals surface area contributed by atoms with Gasteiger partial charge >= 0.3 is 0 Å². The van der Waals surface area contributed by atoms with Crippen LogP contribution < -0.4 is 0 Å². The number of aliphatic hydroxyl groups is 2. The molecule has 7 nitrogen and oxygen atoms in total. The predicted octanol–water partition coefficient (Wildman–Crippen LogP) is 6.58. The molecule has 3 aromatic rings. The number of carbonyl (C=O) groups excluding carboxylic acids is 1. The van der Waals surface area contributed by atoms with Crippen molar-refractivity contribution in [2.45, 2.75) is 107 Å². The Bertz CT molecular complexity index is 1650. The summed E-state index contributed by atoms with van der Waals surface area (Å²) < 4.78 is 2.31. The summed E-state index contributed by atoms with van der Waals surface area (Å²) in [5.41, 5.74) is 3.47. The molecule has 4 saturated carbocycles. The molecule has 8 rings (SSSR count). The van der Waals surface area contributed by atoms with Gasteiger partial charge in [0.05, 0.1) is 47.0 Å². The van der Waals surface area contributed by atoms with E-state index in [1.807, 2.05) is 24.3 Å². The number of ketones is 1. The molecule has 44 heavy (non-hydrogen) atoms. The normalized spacial score (nSPS) is 36.7. The van der Waals surface area contributed by atoms with Crippen molar-refractivity contribution in [2.75, 3.05) is 5.75 Å². The molecule has 4 fully saturated rings. The summed E-state index contributed by atoms with van der Waals surface area (Å²) in [5, 5.41) is 29.8. The van der Waals surface area contributed by atoms with Crippen molar-refractivity contribution < 1.29 is 15.0 Å². The topological polar surface area (TPSA) is 101 Å². The molecule has 232 valence electrons. The second kappa shape index (κ2) is 10.5. The number of para-hydroxylation sites is 2. The monoisotopic (exact) mass is 612 g/mol. The minimum absolute atomic E-state index is 0.117. The lowest BCUT2D eigenvalue weighted by atomic mass is 9.45. The van der Waals surface area contributed by atoms with E-state index in [0.29, 0.717) is 23.9 Å². The van der Waals surface area contributed by atoms with Crippen molar-refractivity contribution in [3.8, 4) is 0 Å². The van der Waals surface area contributed by atoms with Gasteiger partial charge in [-0.05, 0) is 98.3 Å². The summed E-state index contributed by atoms with van der Waals surface area (Å²) in [6.07, 6.45) is 16.7. The van der Waals surface area contributed by atoms with Gasteiger partial charge in [0.2, 0.25) is 0 Å². The van der Waals surface area contributed by atoms with E-state index < -0.39 is 17.1 Å². The van der Waals surface area contributed by atoms with Gasteiger partial charge in [0.25, 0.3) is 0 Å². The van der Waals surface area contributed by atoms with E-state index in [0.717, 1.165) is 36.7 Å². The van der Waals surface area contributed by atoms with E-state index in [2.05, 4.69) is 40.8 Å². The predicted molar refractivity (Wildman–Crippen MR) is 172 cm³/mol. The molecule has 0 amide bonds. The molecule has 0 aliphatic heterocycles. The quantitative estimate of drug-likeness (QED) is 0.314. The van der Waals surface area contributed by atoms with E-state index in [-0.39, 0.29) is 34.7 Å². The highest BCUT2D eigenvalue weighted by Crippen LogP contribution is 2.67. The van der Waals surface area contributed by atoms with E-state index in [9.17, 15) is 15.0 Å². The first-order valence-electron chi connectivity index (χ1n) is 16.8. The molecule has 5 aliphatic carbocycles. The van der Waals surface area contributed by atoms with Gasteiger partial charge in [-0.2, -0.15) is 5.10 Å². The van der Waals surface area contributed by atoms with Crippen molar-refractivity contribution in [1.82, 2.24) is 19.7 Å². The molecule has 2 heterocycles. The van der Waals surface area contributed by atoms with Crippen LogP contribution in [0, 0.1) is 28.6 Å². The lowest BCUT2D eigenvalue weighted by molar-refractivity contribution is -0.177. The van der Waals surface area contributed by atoms with Crippen LogP contribution >= 0.6 is 11.8 Å². The smallest absolute Gasteiger partial charge is 0.175 e. The third-order valence-corrected chi connectivity index (χ3v) is 13.7. The Balaban J connectivity index is 1.03. The number of benzene rings is 1. The summed E-state index contributed by atoms with van der Waals surface area (Å²) in [7, 11) is 0. The summed E-state index contributed by atoms with van der Waals surface area (Å²) >= 11 is 1.35. The van der Waals surface area contributed by atoms with Crippen LogP contribution in [-0.4, -0.2) is 53.2 Å². The van der Waals surface area contributed by atoms with Crippen molar-refractivity contribution in [3.63, 3.8) is 0 Å². The summed E-state index contributed by atoms with van der Waals surface area (Å²) in [5.74, 6) is 0.607. The summed E-state index contributed by atoms with van der Waals surface area (Å²) in [4.78, 5) is 23.0. The molecular weight excluding hydrogens is 568 g/mol. The Hall–Kier alpha value is -2.55. The number of allylic oxidation sites excluding steroid dienone is 1. The largest absolute Gasteiger partial charge is 0.393 e. The standard InChI is InChI=1S/C36H44N4O3S/c1-34-17-22-19-38-40(24-8-4-3-5-9-24)29(22)16-23(34)12-13-25-26-14-15-36(43,35(26,2)18-30(41)33(25)34)31(42)21-44-32-20-37-27-10-6-7-11-28(27)39-32/h6-7,10-11,16,19-20,24-26,30,33,41,43H,3-5,8-9,12-15,17-18,21H2,1-2H3/t25?,26?,30-,33?,34?,35?,36-/m0/s1. The van der Waals surface area contributed by atoms with Crippen LogP contribution in [0.3, 0.4) is 0 Å². The van der Waals surface area contributed by atoms with Crippen LogP contribution in [-0.2, 0) is 11.2 Å². The van der Waals surface area contributed by atoms with Crippen molar-refractivity contribution >= 4 is 34.7 Å². The zero-order valence-corrected chi connectivity index (χ0v) is 26.7. The number of aromatic nitrogens is 4. The van der Waals surface area contributed by atoms with Crippen LogP contribution in [0.1, 0.15) is 95.4 Å². The van der Waals surface area contributed by atoms with Crippen LogP contribution in [0.15, 0.2) is 47.3 Å². The summed E-state index contributed by atoms with van der Waals surface area (Å²) in [6.45, 7) is 4.46. The average Bonchev–Trinajstić information content (AvgIpc) is 3.55. The molecule has 8 heteroatoms. The number of nitrogens with zero attached hydrogens (tertiary/aromatic N) is 4. The molecule has 5 aliphatic rings. The lowest BCUT2D eigenvalue weighted by Gasteiger charge is -2.60. The lowest BCUT2D eigenvalue weighted by Crippen LogP contribution is -2.62. The molecular formula is C36H44N4O3S. The maximum atomic E-state index is 13.9. The number of hydrogen-bond acceptors (Lipinski definition) is 7. The van der Waals surface area contributed by atoms with Crippen LogP contribution in [0.25, 0.3) is 17.1 Å². The van der Waals surface area contributed by atoms with Gasteiger partial charge in [-0.1, -0.05) is 62.6 Å². The van der Waals surface area contributed by atoms with Crippen molar-refractivity contribution in [2.24, 2.45) is 28.6 Å². The number of fused-ring (bicyclic) bond motifs is 7. The molecule has 2 N–H and O–H groups in total. The fraction of sp³-hybridized carbons (Fsp3) is 0.611. The second-order valence-corrected chi connectivity index (χ2v) is 15.9. The Morgan fingerprint density at radius 2 is 1.86 bits per heavy atom. The van der Waals surface area contributed by atoms with E-state index in [1.165, 1.54) is 60.7 Å². The highest BCUT2D eigenvalue weighted by molar-refractivity contribution is 7.99. The molecule has 0 saturated heterocycles. The fourth-order valence-corrected chi connectivity index (χ4v) is 11.4. The fourth-order valence-electron chi connectivity index (χ4n) is 10.6. The minimum atomic E-state index is -1.45. The van der Waals surface area contributed by atoms with E-state index in [1.54, 1.807) is 6.20 Å². The van der Waals surface area contributed by atoms with Gasteiger partial charge < -0.3 is 10.2 Å². The number of thioether (sulfide) groups is 1. The molecule has 7 atom stereocenters. The number of aliphatic hydroxyl groups excluding tert-OH is 1. The molecule has 5 unspecified atom stereocenters. The minimum Gasteiger partial charge on any atom is -0.393 e. The number of Topliss-reactive ketones (excluding diaryl/α,β-unsaturated/α-hetero) is 1. The first-order chi connectivity index (χ1) is 21.2. The van der Waals surface area contributed by atoms with Crippen molar-refractivity contribution in [1.29, 1.82) is 0 Å². The van der Waals surface area contributed by atoms with Gasteiger partial charge in [0.1, 0.15) is 10.6 Å². The third kappa shape index (κ3) is 4.23. The highest BCUT2D eigenvalue weighted by atomic mass is 32.2. The van der Waals surface area contributed by atoms with Gasteiger partial charge in [-0.25, -0.2) is 4.98 Å². The van der Waals surface area contributed by atoms with Gasteiger partial charge in [0, 0.05) is 5.41 Å². The van der Waals surface area contributed by atoms with Gasteiger partial charge in [-0.3, -0.25) is 14.5 Å². The van der Waals surface area contributed by atoms with Crippen LogP contribution in [0.2, 0.25) is 0 Å². The van der Waals surface area contributed by atoms with E-state index >= 15 is 0 Å². The molecule has 0 bridgehead atoms. The second-order valence-electron chi connectivity index (χ2n) is 14.9. The summed E-state index contributed by atoms with van der Waals surface area (Å²) in [6, 6.07) is 8.22. The van der Waals surface area contributed by atoms with Crippen molar-refractivity contribution in [3.05, 3.63) is 53.5 Å². The Labute approximate surface area is 263 Å². The molecule has 0 spiro atoms. The zero-order valence-electron chi connectivity index (χ0n) is 25.9. The number of carbonyl (C=O) groups is 1. The Kier molecular flexibility index (Phi) is 6.89. The SMILES string of the molecule is CC12Cc3cnn(C4CCCCC4)c3C=C1CCC1C2[C@@H](O)CC2(C)C1CC[C@]2(O)C(=O)CSc1cnc2ccccc2n1. The van der Waals surface area contributed by atoms with Gasteiger partial charge in [0.15, 0.2) is 5.78 Å². The van der Waals surface area contributed by atoms with Gasteiger partial charge in [-0.15, -0.1) is 0 Å². The molecule has 0 radical (unpaired) electrons. The average molecular weight is 613 g/mol. The van der Waals surface area contributed by atoms with Crippen LogP contribution in [0.5, 0.6) is 0 Å². The Morgan fingerprint density at radius 1 is 1.07 bits per heavy atom. The maximum absolute atomic E-state index is 13.9. The molecule has 1 aromatic carbocycles. The third-order valence-electron chi connectivity index (χ3n) is 12.8. The zero-order chi connectivity index (χ0) is 30.3. The number of hydrogen-bond donors (Lipinski definition) is 2.